The number of hydrogen-bond acceptors (Lipinski definition) is 4. The lowest BCUT2D eigenvalue weighted by Gasteiger charge is -2.06. The number of fused-ring (bicyclic) bond motifs is 1. The van der Waals surface area contributed by atoms with Crippen LogP contribution in [0.15, 0.2) is 23.4 Å². The van der Waals surface area contributed by atoms with Crippen molar-refractivity contribution in [2.75, 3.05) is 6.54 Å². The van der Waals surface area contributed by atoms with E-state index in [4.69, 9.17) is 15.7 Å². The fourth-order valence-corrected chi connectivity index (χ4v) is 2.10. The van der Waals surface area contributed by atoms with Crippen molar-refractivity contribution < 1.29 is 14.7 Å². The van der Waals surface area contributed by atoms with E-state index in [1.54, 1.807) is 0 Å². The van der Waals surface area contributed by atoms with Crippen LogP contribution in [0.25, 0.3) is 0 Å². The lowest BCUT2D eigenvalue weighted by Crippen LogP contribution is -2.24. The SMILES string of the molecule is NC(CCCCNC(=O)c1ccc2c(c1)COC2)=NO. The Morgan fingerprint density at radius 2 is 2.15 bits per heavy atom. The second kappa shape index (κ2) is 6.91. The molecule has 1 aromatic carbocycles. The molecule has 0 radical (unpaired) electrons. The van der Waals surface area contributed by atoms with Crippen molar-refractivity contribution in [1.29, 1.82) is 0 Å². The number of nitrogens with one attached hydrogen (secondary N) is 1. The summed E-state index contributed by atoms with van der Waals surface area (Å²) >= 11 is 0. The van der Waals surface area contributed by atoms with Gasteiger partial charge < -0.3 is 21.0 Å². The molecule has 0 unspecified atom stereocenters. The van der Waals surface area contributed by atoms with Crippen molar-refractivity contribution in [3.05, 3.63) is 34.9 Å². The number of carbonyl (C=O) groups is 1. The van der Waals surface area contributed by atoms with E-state index < -0.39 is 0 Å². The van der Waals surface area contributed by atoms with E-state index in [1.165, 1.54) is 0 Å². The molecular weight excluding hydrogens is 258 g/mol. The first-order valence-electron chi connectivity index (χ1n) is 6.65. The quantitative estimate of drug-likeness (QED) is 0.240. The van der Waals surface area contributed by atoms with Crippen LogP contribution in [0.4, 0.5) is 0 Å². The molecule has 1 aliphatic heterocycles. The van der Waals surface area contributed by atoms with Gasteiger partial charge in [-0.05, 0) is 36.1 Å². The van der Waals surface area contributed by atoms with Crippen LogP contribution in [0.5, 0.6) is 0 Å². The minimum atomic E-state index is -0.0801. The second-order valence-electron chi connectivity index (χ2n) is 4.78. The summed E-state index contributed by atoms with van der Waals surface area (Å²) in [6.45, 7) is 1.78. The monoisotopic (exact) mass is 277 g/mol. The van der Waals surface area contributed by atoms with E-state index >= 15 is 0 Å². The molecule has 20 heavy (non-hydrogen) atoms. The Hall–Kier alpha value is -2.08. The zero-order valence-corrected chi connectivity index (χ0v) is 11.3. The van der Waals surface area contributed by atoms with E-state index in [-0.39, 0.29) is 11.7 Å². The predicted octanol–water partition coefficient (Wildman–Crippen LogP) is 1.36. The fourth-order valence-electron chi connectivity index (χ4n) is 2.10. The molecule has 6 nitrogen and oxygen atoms in total. The normalized spacial score (nSPS) is 14.1. The Kier molecular flexibility index (Phi) is 4.95. The summed E-state index contributed by atoms with van der Waals surface area (Å²) in [6, 6.07) is 5.64. The van der Waals surface area contributed by atoms with E-state index in [2.05, 4.69) is 10.5 Å². The molecule has 108 valence electrons. The number of amidine groups is 1. The Balaban J connectivity index is 1.75. The van der Waals surface area contributed by atoms with Gasteiger partial charge in [0.15, 0.2) is 0 Å². The van der Waals surface area contributed by atoms with Crippen molar-refractivity contribution >= 4 is 11.7 Å². The van der Waals surface area contributed by atoms with Gasteiger partial charge in [0.2, 0.25) is 0 Å². The molecule has 0 bridgehead atoms. The molecule has 1 aliphatic rings. The number of nitrogens with two attached hydrogens (primary N) is 1. The van der Waals surface area contributed by atoms with E-state index in [0.29, 0.717) is 31.7 Å². The molecular formula is C14H19N3O3. The summed E-state index contributed by atoms with van der Waals surface area (Å²) in [6.07, 6.45) is 2.09. The van der Waals surface area contributed by atoms with E-state index in [9.17, 15) is 4.79 Å². The van der Waals surface area contributed by atoms with Crippen LogP contribution in [0.2, 0.25) is 0 Å². The molecule has 1 aromatic rings. The summed E-state index contributed by atoms with van der Waals surface area (Å²) in [5.74, 6) is 0.137. The molecule has 0 aliphatic carbocycles. The predicted molar refractivity (Wildman–Crippen MR) is 74.5 cm³/mol. The molecule has 0 fully saturated rings. The third-order valence-electron chi connectivity index (χ3n) is 3.26. The van der Waals surface area contributed by atoms with Gasteiger partial charge in [-0.1, -0.05) is 11.2 Å². The Bertz CT molecular complexity index is 514. The van der Waals surface area contributed by atoms with Crippen LogP contribution in [0.3, 0.4) is 0 Å². The van der Waals surface area contributed by atoms with Gasteiger partial charge in [0, 0.05) is 18.5 Å². The zero-order valence-electron chi connectivity index (χ0n) is 11.3. The molecule has 1 amide bonds. The highest BCUT2D eigenvalue weighted by atomic mass is 16.5. The molecule has 0 saturated carbocycles. The maximum atomic E-state index is 12.0. The minimum Gasteiger partial charge on any atom is -0.409 e. The number of carbonyl (C=O) groups excluding carboxylic acids is 1. The summed E-state index contributed by atoms with van der Waals surface area (Å²) in [5, 5.41) is 14.1. The number of amides is 1. The van der Waals surface area contributed by atoms with Gasteiger partial charge in [0.1, 0.15) is 5.84 Å². The number of unbranched alkanes of at least 4 members (excludes halogenated alkanes) is 1. The van der Waals surface area contributed by atoms with E-state index in [1.807, 2.05) is 18.2 Å². The standard InChI is InChI=1S/C14H19N3O3/c15-13(17-19)3-1-2-6-16-14(18)10-4-5-11-8-20-9-12(11)7-10/h4-5,7,19H,1-3,6,8-9H2,(H2,15,17)(H,16,18). The van der Waals surface area contributed by atoms with Gasteiger partial charge in [-0.15, -0.1) is 0 Å². The first kappa shape index (κ1) is 14.3. The van der Waals surface area contributed by atoms with Gasteiger partial charge in [-0.25, -0.2) is 0 Å². The number of rotatable bonds is 6. The first-order chi connectivity index (χ1) is 9.70. The third kappa shape index (κ3) is 3.71. The van der Waals surface area contributed by atoms with Gasteiger partial charge in [0.05, 0.1) is 13.2 Å². The molecule has 2 rings (SSSR count). The van der Waals surface area contributed by atoms with Crippen LogP contribution in [-0.4, -0.2) is 23.5 Å². The molecule has 0 aromatic heterocycles. The number of nitrogens with zero attached hydrogens (tertiary/aromatic N) is 1. The molecule has 6 heteroatoms. The molecule has 0 spiro atoms. The maximum Gasteiger partial charge on any atom is 0.251 e. The fraction of sp³-hybridized carbons (Fsp3) is 0.429. The Morgan fingerprint density at radius 1 is 1.35 bits per heavy atom. The van der Waals surface area contributed by atoms with Crippen molar-refractivity contribution in [3.8, 4) is 0 Å². The van der Waals surface area contributed by atoms with Crippen molar-refractivity contribution in [3.63, 3.8) is 0 Å². The third-order valence-corrected chi connectivity index (χ3v) is 3.26. The average Bonchev–Trinajstić information content (AvgIpc) is 2.93. The first-order valence-corrected chi connectivity index (χ1v) is 6.65. The van der Waals surface area contributed by atoms with Crippen molar-refractivity contribution in [2.24, 2.45) is 10.9 Å². The lowest BCUT2D eigenvalue weighted by atomic mass is 10.1. The maximum absolute atomic E-state index is 12.0. The number of benzene rings is 1. The Labute approximate surface area is 117 Å². The molecule has 0 atom stereocenters. The molecule has 0 saturated heterocycles. The summed E-state index contributed by atoms with van der Waals surface area (Å²) in [5.41, 5.74) is 8.26. The summed E-state index contributed by atoms with van der Waals surface area (Å²) < 4.78 is 5.32. The number of hydrogen-bond donors (Lipinski definition) is 3. The minimum absolute atomic E-state index is 0.0801. The van der Waals surface area contributed by atoms with E-state index in [0.717, 1.165) is 24.0 Å². The largest absolute Gasteiger partial charge is 0.409 e. The molecule has 1 heterocycles. The Morgan fingerprint density at radius 3 is 2.95 bits per heavy atom. The zero-order chi connectivity index (χ0) is 14.4. The summed E-state index contributed by atoms with van der Waals surface area (Å²) in [4.78, 5) is 12.0. The highest BCUT2D eigenvalue weighted by Gasteiger charge is 2.13. The smallest absolute Gasteiger partial charge is 0.251 e. The van der Waals surface area contributed by atoms with Gasteiger partial charge in [-0.3, -0.25) is 4.79 Å². The van der Waals surface area contributed by atoms with Crippen LogP contribution in [-0.2, 0) is 18.0 Å². The van der Waals surface area contributed by atoms with Gasteiger partial charge in [0.25, 0.3) is 5.91 Å². The number of ether oxygens (including phenoxy) is 1. The van der Waals surface area contributed by atoms with Crippen molar-refractivity contribution in [2.45, 2.75) is 32.5 Å². The second-order valence-corrected chi connectivity index (χ2v) is 4.78. The highest BCUT2D eigenvalue weighted by Crippen LogP contribution is 2.20. The van der Waals surface area contributed by atoms with Crippen LogP contribution >= 0.6 is 0 Å². The van der Waals surface area contributed by atoms with Crippen LogP contribution in [0.1, 0.15) is 40.7 Å². The van der Waals surface area contributed by atoms with Gasteiger partial charge >= 0.3 is 0 Å². The van der Waals surface area contributed by atoms with Gasteiger partial charge in [-0.2, -0.15) is 0 Å². The highest BCUT2D eigenvalue weighted by molar-refractivity contribution is 5.94. The van der Waals surface area contributed by atoms with Crippen LogP contribution in [0, 0.1) is 0 Å². The van der Waals surface area contributed by atoms with Crippen LogP contribution < -0.4 is 11.1 Å². The summed E-state index contributed by atoms with van der Waals surface area (Å²) in [7, 11) is 0. The lowest BCUT2D eigenvalue weighted by molar-refractivity contribution is 0.0953. The average molecular weight is 277 g/mol. The number of oxime groups is 1. The molecule has 4 N–H and O–H groups in total. The topological polar surface area (TPSA) is 96.9 Å². The van der Waals surface area contributed by atoms with Crippen molar-refractivity contribution in [1.82, 2.24) is 5.32 Å².